The minimum absolute atomic E-state index is 0.219. The van der Waals surface area contributed by atoms with Crippen LogP contribution in [0.3, 0.4) is 0 Å². The topological polar surface area (TPSA) is 81.8 Å². The molecule has 30 heavy (non-hydrogen) atoms. The fourth-order valence-electron chi connectivity index (χ4n) is 4.06. The van der Waals surface area contributed by atoms with Crippen LogP contribution in [0.1, 0.15) is 60.9 Å². The van der Waals surface area contributed by atoms with Crippen LogP contribution in [0.5, 0.6) is 0 Å². The molecule has 9 heteroatoms. The van der Waals surface area contributed by atoms with Crippen molar-refractivity contribution >= 4 is 43.4 Å². The third-order valence-corrected chi connectivity index (χ3v) is 7.67. The summed E-state index contributed by atoms with van der Waals surface area (Å²) in [5.74, 6) is 0.599. The van der Waals surface area contributed by atoms with Crippen LogP contribution in [0, 0.1) is 18.3 Å². The first-order valence-corrected chi connectivity index (χ1v) is 11.8. The van der Waals surface area contributed by atoms with E-state index in [-0.39, 0.29) is 16.7 Å². The van der Waals surface area contributed by atoms with Crippen LogP contribution in [0.4, 0.5) is 0 Å². The van der Waals surface area contributed by atoms with Crippen molar-refractivity contribution in [2.75, 3.05) is 5.43 Å². The lowest BCUT2D eigenvalue weighted by Gasteiger charge is -2.33. The number of aryl methyl sites for hydroxylation is 3. The lowest BCUT2D eigenvalue weighted by Crippen LogP contribution is -2.36. The fourth-order valence-corrected chi connectivity index (χ4v) is 5.90. The average molecular weight is 492 g/mol. The maximum absolute atomic E-state index is 13.4. The molecule has 1 atom stereocenters. The Morgan fingerprint density at radius 2 is 2.13 bits per heavy atom. The molecule has 0 fully saturated rings. The summed E-state index contributed by atoms with van der Waals surface area (Å²) >= 11 is 4.99. The Balaban J connectivity index is 1.73. The van der Waals surface area contributed by atoms with E-state index < -0.39 is 5.91 Å². The second-order valence-electron chi connectivity index (χ2n) is 8.91. The third kappa shape index (κ3) is 3.62. The smallest absolute Gasteiger partial charge is 0.271 e. The maximum Gasteiger partial charge on any atom is 0.291 e. The van der Waals surface area contributed by atoms with Gasteiger partial charge < -0.3 is 0 Å². The molecule has 0 saturated carbocycles. The zero-order valence-corrected chi connectivity index (χ0v) is 20.3. The second-order valence-corrected chi connectivity index (χ2v) is 10.8. The first kappa shape index (κ1) is 21.2. The van der Waals surface area contributed by atoms with Crippen LogP contribution in [0.2, 0.25) is 0 Å². The molecule has 4 rings (SSSR count). The monoisotopic (exact) mass is 491 g/mol. The van der Waals surface area contributed by atoms with E-state index in [0.717, 1.165) is 29.7 Å². The van der Waals surface area contributed by atoms with E-state index in [0.29, 0.717) is 28.1 Å². The zero-order valence-electron chi connectivity index (χ0n) is 17.9. The number of thiophene rings is 1. The fraction of sp³-hybridized carbons (Fsp3) is 0.524. The number of fused-ring (bicyclic) bond motifs is 3. The van der Waals surface area contributed by atoms with Gasteiger partial charge in [0.05, 0.1) is 9.86 Å². The molecule has 1 aliphatic carbocycles. The second kappa shape index (κ2) is 7.60. The molecular weight excluding hydrogens is 466 g/mol. The summed E-state index contributed by atoms with van der Waals surface area (Å²) in [4.78, 5) is 32.8. The highest BCUT2D eigenvalue weighted by molar-refractivity contribution is 9.10. The molecule has 3 heterocycles. The van der Waals surface area contributed by atoms with Crippen LogP contribution in [0.15, 0.2) is 15.5 Å². The Labute approximate surface area is 187 Å². The van der Waals surface area contributed by atoms with E-state index in [1.165, 1.54) is 9.55 Å². The molecule has 0 spiro atoms. The zero-order chi connectivity index (χ0) is 21.8. The highest BCUT2D eigenvalue weighted by atomic mass is 79.9. The number of halogens is 1. The molecule has 1 amide bonds. The van der Waals surface area contributed by atoms with E-state index in [1.807, 2.05) is 6.92 Å². The number of nitrogens with zero attached hydrogens (tertiary/aromatic N) is 4. The number of hydrogen-bond acceptors (Lipinski definition) is 5. The maximum atomic E-state index is 13.4. The summed E-state index contributed by atoms with van der Waals surface area (Å²) in [5.41, 5.74) is 4.06. The summed E-state index contributed by atoms with van der Waals surface area (Å²) in [6.07, 6.45) is 4.65. The summed E-state index contributed by atoms with van der Waals surface area (Å²) in [5, 5.41) is 4.91. The minimum atomic E-state index is -0.447. The van der Waals surface area contributed by atoms with Crippen LogP contribution < -0.4 is 11.0 Å². The molecule has 1 aliphatic rings. The number of hydrogen-bond donors (Lipinski definition) is 1. The Morgan fingerprint density at radius 3 is 2.77 bits per heavy atom. The molecule has 7 nitrogen and oxygen atoms in total. The highest BCUT2D eigenvalue weighted by Gasteiger charge is 2.32. The number of carbonyl (C=O) groups excluding carboxylic acids is 1. The molecule has 0 bridgehead atoms. The quantitative estimate of drug-likeness (QED) is 0.592. The Bertz CT molecular complexity index is 1200. The molecule has 3 aromatic heterocycles. The van der Waals surface area contributed by atoms with Gasteiger partial charge in [-0.3, -0.25) is 19.7 Å². The molecule has 0 saturated heterocycles. The van der Waals surface area contributed by atoms with E-state index in [1.54, 1.807) is 29.1 Å². The van der Waals surface area contributed by atoms with Gasteiger partial charge in [-0.1, -0.05) is 20.8 Å². The Kier molecular flexibility index (Phi) is 5.38. The predicted molar refractivity (Wildman–Crippen MR) is 123 cm³/mol. The van der Waals surface area contributed by atoms with Gasteiger partial charge in [0.25, 0.3) is 11.5 Å². The number of nitrogens with one attached hydrogen (secondary N) is 1. The van der Waals surface area contributed by atoms with E-state index in [2.05, 4.69) is 52.2 Å². The standard InChI is InChI=1S/C21H26BrN5O2S/c1-6-26-10-14(22)17(24-26)18(28)25-27-11(2)23-19-16(20(27)29)13-8-7-12(21(3,4)5)9-15(13)30-19/h10,12H,6-9H2,1-5H3,(H,25,28)/t12-/m0/s1. The first-order valence-electron chi connectivity index (χ1n) is 10.2. The lowest BCUT2D eigenvalue weighted by molar-refractivity contribution is 0.1000. The molecule has 3 aromatic rings. The normalized spacial score (nSPS) is 16.7. The van der Waals surface area contributed by atoms with Gasteiger partial charge in [-0.05, 0) is 65.9 Å². The lowest BCUT2D eigenvalue weighted by atomic mass is 9.72. The van der Waals surface area contributed by atoms with Crippen LogP contribution in [0.25, 0.3) is 10.2 Å². The van der Waals surface area contributed by atoms with Gasteiger partial charge in [0.2, 0.25) is 0 Å². The van der Waals surface area contributed by atoms with Gasteiger partial charge in [-0.2, -0.15) is 5.10 Å². The molecule has 0 unspecified atom stereocenters. The Morgan fingerprint density at radius 1 is 1.40 bits per heavy atom. The molecule has 160 valence electrons. The highest BCUT2D eigenvalue weighted by Crippen LogP contribution is 2.42. The minimum Gasteiger partial charge on any atom is -0.271 e. The molecule has 0 radical (unpaired) electrons. The number of aromatic nitrogens is 4. The Hall–Kier alpha value is -2.00. The third-order valence-electron chi connectivity index (χ3n) is 5.94. The van der Waals surface area contributed by atoms with Crippen molar-refractivity contribution in [3.63, 3.8) is 0 Å². The van der Waals surface area contributed by atoms with Gasteiger partial charge in [0.1, 0.15) is 10.7 Å². The van der Waals surface area contributed by atoms with E-state index in [9.17, 15) is 9.59 Å². The number of amides is 1. The first-order chi connectivity index (χ1) is 14.1. The van der Waals surface area contributed by atoms with Crippen LogP contribution in [-0.4, -0.2) is 25.3 Å². The van der Waals surface area contributed by atoms with Crippen molar-refractivity contribution in [2.24, 2.45) is 11.3 Å². The predicted octanol–water partition coefficient (Wildman–Crippen LogP) is 4.28. The van der Waals surface area contributed by atoms with Crippen molar-refractivity contribution in [1.29, 1.82) is 0 Å². The van der Waals surface area contributed by atoms with Gasteiger partial charge in [0, 0.05) is 17.6 Å². The van der Waals surface area contributed by atoms with Gasteiger partial charge >= 0.3 is 0 Å². The summed E-state index contributed by atoms with van der Waals surface area (Å²) in [6.45, 7) is 11.2. The largest absolute Gasteiger partial charge is 0.291 e. The van der Waals surface area contributed by atoms with Crippen molar-refractivity contribution in [3.05, 3.63) is 43.0 Å². The van der Waals surface area contributed by atoms with Crippen LogP contribution >= 0.6 is 27.3 Å². The average Bonchev–Trinajstić information content (AvgIpc) is 3.23. The molecule has 1 N–H and O–H groups in total. The van der Waals surface area contributed by atoms with Crippen molar-refractivity contribution in [3.8, 4) is 0 Å². The van der Waals surface area contributed by atoms with Gasteiger partial charge in [0.15, 0.2) is 5.69 Å². The molecule has 0 aliphatic heterocycles. The number of carbonyl (C=O) groups is 1. The van der Waals surface area contributed by atoms with Crippen LogP contribution in [-0.2, 0) is 19.4 Å². The summed E-state index contributed by atoms with van der Waals surface area (Å²) < 4.78 is 3.50. The molecule has 0 aromatic carbocycles. The van der Waals surface area contributed by atoms with Crippen molar-refractivity contribution in [1.82, 2.24) is 19.4 Å². The number of rotatable bonds is 3. The van der Waals surface area contributed by atoms with E-state index in [4.69, 9.17) is 0 Å². The SMILES string of the molecule is CCn1cc(Br)c(C(=O)Nn2c(C)nc3sc4c(c3c2=O)CC[C@H](C(C)(C)C)C4)n1. The van der Waals surface area contributed by atoms with Crippen molar-refractivity contribution in [2.45, 2.75) is 60.4 Å². The summed E-state index contributed by atoms with van der Waals surface area (Å²) in [7, 11) is 0. The van der Waals surface area contributed by atoms with Crippen molar-refractivity contribution < 1.29 is 4.79 Å². The molecular formula is C21H26BrN5O2S. The van der Waals surface area contributed by atoms with Gasteiger partial charge in [-0.15, -0.1) is 11.3 Å². The van der Waals surface area contributed by atoms with Gasteiger partial charge in [-0.25, -0.2) is 9.66 Å². The summed E-state index contributed by atoms with van der Waals surface area (Å²) in [6, 6.07) is 0. The van der Waals surface area contributed by atoms with E-state index >= 15 is 0 Å².